The summed E-state index contributed by atoms with van der Waals surface area (Å²) in [6.45, 7) is 0.454. The van der Waals surface area contributed by atoms with E-state index in [0.29, 0.717) is 30.6 Å². The summed E-state index contributed by atoms with van der Waals surface area (Å²) in [4.78, 5) is 22.0. The Kier molecular flexibility index (Phi) is 4.72. The lowest BCUT2D eigenvalue weighted by Gasteiger charge is -2.56. The summed E-state index contributed by atoms with van der Waals surface area (Å²) in [6, 6.07) is 0. The maximum atomic E-state index is 13.8. The number of nitrogens with zero attached hydrogens (tertiary/aromatic N) is 3. The highest BCUT2D eigenvalue weighted by Gasteiger charge is 2.51. The number of piperidine rings is 1. The van der Waals surface area contributed by atoms with Gasteiger partial charge in [-0.3, -0.25) is 4.79 Å². The largest absolute Gasteiger partial charge is 0.434 e. The summed E-state index contributed by atoms with van der Waals surface area (Å²) in [5.74, 6) is 1.16. The molecule has 4 bridgehead atoms. The number of carbonyl (C=O) groups is 1. The van der Waals surface area contributed by atoms with Crippen LogP contribution in [0.2, 0.25) is 0 Å². The number of aliphatic hydroxyl groups is 1. The van der Waals surface area contributed by atoms with Gasteiger partial charge in [-0.25, -0.2) is 9.97 Å². The molecule has 2 N–H and O–H groups in total. The predicted molar refractivity (Wildman–Crippen MR) is 103 cm³/mol. The van der Waals surface area contributed by atoms with Gasteiger partial charge in [-0.05, 0) is 69.1 Å². The number of likely N-dealkylation sites (tertiary alicyclic amines) is 1. The van der Waals surface area contributed by atoms with E-state index in [1.165, 1.54) is 24.2 Å². The number of aliphatic hydroxyl groups excluding tert-OH is 1. The van der Waals surface area contributed by atoms with Crippen molar-refractivity contribution in [3.05, 3.63) is 17.5 Å². The Labute approximate surface area is 173 Å². The van der Waals surface area contributed by atoms with Crippen molar-refractivity contribution in [1.82, 2.24) is 14.9 Å². The molecule has 5 fully saturated rings. The van der Waals surface area contributed by atoms with Gasteiger partial charge in [0.05, 0.1) is 11.7 Å². The molecule has 0 radical (unpaired) electrons. The molecular weight excluding hydrogens is 397 g/mol. The lowest BCUT2D eigenvalue weighted by atomic mass is 9.53. The van der Waals surface area contributed by atoms with Crippen LogP contribution in [-0.2, 0) is 6.18 Å². The molecule has 0 atom stereocenters. The second-order valence-corrected chi connectivity index (χ2v) is 9.80. The number of amides is 1. The van der Waals surface area contributed by atoms with E-state index in [1.807, 2.05) is 0 Å². The maximum Gasteiger partial charge on any atom is 0.434 e. The SMILES string of the molecule is O=C(c1cnc(NC23CC4CC(CC(C4)C2)C3)nc1C(F)(F)F)N1CCC(O)CC1. The number of carbonyl (C=O) groups excluding carboxylic acids is 1. The lowest BCUT2D eigenvalue weighted by molar-refractivity contribution is -0.141. The zero-order chi connectivity index (χ0) is 21.1. The molecular formula is C21H27F3N4O2. The van der Waals surface area contributed by atoms with Gasteiger partial charge in [-0.2, -0.15) is 13.2 Å². The minimum absolute atomic E-state index is 0.0325. The lowest BCUT2D eigenvalue weighted by Crippen LogP contribution is -2.55. The molecule has 0 unspecified atom stereocenters. The zero-order valence-electron chi connectivity index (χ0n) is 16.8. The first-order chi connectivity index (χ1) is 14.2. The minimum Gasteiger partial charge on any atom is -0.393 e. The van der Waals surface area contributed by atoms with E-state index < -0.39 is 29.4 Å². The molecule has 1 aromatic rings. The van der Waals surface area contributed by atoms with E-state index in [1.54, 1.807) is 0 Å². The van der Waals surface area contributed by atoms with E-state index >= 15 is 0 Å². The average molecular weight is 424 g/mol. The molecule has 1 amide bonds. The maximum absolute atomic E-state index is 13.8. The smallest absolute Gasteiger partial charge is 0.393 e. The summed E-state index contributed by atoms with van der Waals surface area (Å²) < 4.78 is 41.4. The van der Waals surface area contributed by atoms with Crippen LogP contribution < -0.4 is 5.32 Å². The van der Waals surface area contributed by atoms with Crippen molar-refractivity contribution < 1.29 is 23.1 Å². The number of halogens is 3. The van der Waals surface area contributed by atoms with Crippen LogP contribution in [0.3, 0.4) is 0 Å². The molecule has 164 valence electrons. The average Bonchev–Trinajstić information content (AvgIpc) is 2.66. The van der Waals surface area contributed by atoms with Crippen molar-refractivity contribution in [1.29, 1.82) is 0 Å². The quantitative estimate of drug-likeness (QED) is 0.777. The second-order valence-electron chi connectivity index (χ2n) is 9.80. The summed E-state index contributed by atoms with van der Waals surface area (Å²) in [7, 11) is 0. The molecule has 1 aromatic heterocycles. The van der Waals surface area contributed by atoms with E-state index in [0.717, 1.165) is 25.5 Å². The highest BCUT2D eigenvalue weighted by Crippen LogP contribution is 2.56. The van der Waals surface area contributed by atoms with Gasteiger partial charge in [0.15, 0.2) is 5.69 Å². The Hall–Kier alpha value is -1.90. The van der Waals surface area contributed by atoms with Crippen molar-refractivity contribution >= 4 is 11.9 Å². The minimum atomic E-state index is -4.75. The number of hydrogen-bond donors (Lipinski definition) is 2. The van der Waals surface area contributed by atoms with Gasteiger partial charge in [0.1, 0.15) is 0 Å². The Balaban J connectivity index is 1.40. The Bertz CT molecular complexity index is 801. The Morgan fingerprint density at radius 1 is 1.10 bits per heavy atom. The molecule has 2 heterocycles. The molecule has 30 heavy (non-hydrogen) atoms. The van der Waals surface area contributed by atoms with Crippen molar-refractivity contribution in [3.63, 3.8) is 0 Å². The van der Waals surface area contributed by atoms with Crippen LogP contribution in [0.15, 0.2) is 6.20 Å². The molecule has 4 aliphatic carbocycles. The summed E-state index contributed by atoms with van der Waals surface area (Å²) in [5, 5.41) is 12.9. The Morgan fingerprint density at radius 2 is 1.67 bits per heavy atom. The van der Waals surface area contributed by atoms with Gasteiger partial charge in [0.2, 0.25) is 5.95 Å². The predicted octanol–water partition coefficient (Wildman–Crippen LogP) is 3.47. The Morgan fingerprint density at radius 3 is 2.20 bits per heavy atom. The fourth-order valence-electron chi connectivity index (χ4n) is 6.55. The van der Waals surface area contributed by atoms with Crippen molar-refractivity contribution in [2.24, 2.45) is 17.8 Å². The van der Waals surface area contributed by atoms with Crippen LogP contribution in [0.4, 0.5) is 19.1 Å². The third-order valence-electron chi connectivity index (χ3n) is 7.45. The molecule has 5 aliphatic rings. The van der Waals surface area contributed by atoms with Crippen LogP contribution in [0.5, 0.6) is 0 Å². The summed E-state index contributed by atoms with van der Waals surface area (Å²) in [5.41, 5.74) is -1.91. The molecule has 0 spiro atoms. The number of nitrogens with one attached hydrogen (secondary N) is 1. The van der Waals surface area contributed by atoms with E-state index in [2.05, 4.69) is 15.3 Å². The molecule has 9 heteroatoms. The monoisotopic (exact) mass is 424 g/mol. The van der Waals surface area contributed by atoms with E-state index in [4.69, 9.17) is 0 Å². The number of anilines is 1. The first kappa shape index (κ1) is 20.0. The first-order valence-electron chi connectivity index (χ1n) is 10.9. The standard InChI is InChI=1S/C21H27F3N4O2/c22-21(23,24)17-16(18(30)28-3-1-15(29)2-4-28)11-25-19(26-17)27-20-8-12-5-13(9-20)7-14(6-12)10-20/h11-15,29H,1-10H2,(H,25,26,27). The van der Waals surface area contributed by atoms with E-state index in [9.17, 15) is 23.1 Å². The van der Waals surface area contributed by atoms with Crippen LogP contribution in [0.25, 0.3) is 0 Å². The van der Waals surface area contributed by atoms with Gasteiger partial charge < -0.3 is 15.3 Å². The van der Waals surface area contributed by atoms with Gasteiger partial charge in [-0.15, -0.1) is 0 Å². The number of aromatic nitrogens is 2. The normalized spacial score (nSPS) is 33.7. The molecule has 0 aromatic carbocycles. The number of hydrogen-bond acceptors (Lipinski definition) is 5. The zero-order valence-corrected chi connectivity index (χ0v) is 16.8. The van der Waals surface area contributed by atoms with Gasteiger partial charge in [0, 0.05) is 24.8 Å². The molecule has 1 saturated heterocycles. The van der Waals surface area contributed by atoms with Crippen molar-refractivity contribution in [3.8, 4) is 0 Å². The molecule has 6 rings (SSSR count). The van der Waals surface area contributed by atoms with Crippen LogP contribution >= 0.6 is 0 Å². The summed E-state index contributed by atoms with van der Waals surface area (Å²) >= 11 is 0. The number of alkyl halides is 3. The fourth-order valence-corrected chi connectivity index (χ4v) is 6.55. The third-order valence-corrected chi connectivity index (χ3v) is 7.45. The first-order valence-corrected chi connectivity index (χ1v) is 10.9. The topological polar surface area (TPSA) is 78.4 Å². The van der Waals surface area contributed by atoms with Gasteiger partial charge in [0.25, 0.3) is 5.91 Å². The number of rotatable bonds is 3. The molecule has 1 aliphatic heterocycles. The van der Waals surface area contributed by atoms with Gasteiger partial charge >= 0.3 is 6.18 Å². The third kappa shape index (κ3) is 3.65. The van der Waals surface area contributed by atoms with Crippen LogP contribution in [-0.4, -0.2) is 50.6 Å². The van der Waals surface area contributed by atoms with Crippen molar-refractivity contribution in [2.75, 3.05) is 18.4 Å². The second kappa shape index (κ2) is 7.07. The fraction of sp³-hybridized carbons (Fsp3) is 0.762. The van der Waals surface area contributed by atoms with Crippen LogP contribution in [0, 0.1) is 17.8 Å². The van der Waals surface area contributed by atoms with Crippen molar-refractivity contribution in [2.45, 2.75) is 69.2 Å². The van der Waals surface area contributed by atoms with Crippen LogP contribution in [0.1, 0.15) is 67.4 Å². The molecule has 6 nitrogen and oxygen atoms in total. The van der Waals surface area contributed by atoms with E-state index in [-0.39, 0.29) is 24.6 Å². The highest BCUT2D eigenvalue weighted by atomic mass is 19.4. The molecule has 4 saturated carbocycles. The van der Waals surface area contributed by atoms with Gasteiger partial charge in [-0.1, -0.05) is 0 Å². The summed E-state index contributed by atoms with van der Waals surface area (Å²) in [6.07, 6.45) is 3.04. The highest BCUT2D eigenvalue weighted by molar-refractivity contribution is 5.95.